The Balaban J connectivity index is 1.54. The first-order chi connectivity index (χ1) is 13.8. The topological polar surface area (TPSA) is 64.5 Å². The van der Waals surface area contributed by atoms with Crippen LogP contribution in [0.25, 0.3) is 0 Å². The summed E-state index contributed by atoms with van der Waals surface area (Å²) >= 11 is 0. The Labute approximate surface area is 167 Å². The predicted molar refractivity (Wildman–Crippen MR) is 106 cm³/mol. The summed E-state index contributed by atoms with van der Waals surface area (Å²) in [4.78, 5) is 11.9. The van der Waals surface area contributed by atoms with Crippen LogP contribution in [0.5, 0.6) is 0 Å². The van der Waals surface area contributed by atoms with Gasteiger partial charge in [-0.1, -0.05) is 6.92 Å². The van der Waals surface area contributed by atoms with Gasteiger partial charge in [-0.05, 0) is 43.0 Å². The van der Waals surface area contributed by atoms with Crippen LogP contribution < -0.4 is 15.1 Å². The van der Waals surface area contributed by atoms with E-state index in [0.717, 1.165) is 31.3 Å². The van der Waals surface area contributed by atoms with Crippen molar-refractivity contribution < 1.29 is 18.3 Å². The van der Waals surface area contributed by atoms with Crippen molar-refractivity contribution in [3.05, 3.63) is 36.0 Å². The molecule has 2 aromatic rings. The molecule has 6 nitrogen and oxygen atoms in total. The smallest absolute Gasteiger partial charge is 0.391 e. The van der Waals surface area contributed by atoms with Crippen molar-refractivity contribution >= 4 is 23.1 Å². The van der Waals surface area contributed by atoms with E-state index in [1.165, 1.54) is 0 Å². The van der Waals surface area contributed by atoms with Gasteiger partial charge in [-0.15, -0.1) is 0 Å². The number of nitrogens with zero attached hydrogens (tertiary/aromatic N) is 4. The molecule has 2 aliphatic heterocycles. The van der Waals surface area contributed by atoms with Crippen molar-refractivity contribution in [2.75, 3.05) is 41.3 Å². The molecule has 0 spiro atoms. The van der Waals surface area contributed by atoms with Gasteiger partial charge in [0, 0.05) is 43.8 Å². The van der Waals surface area contributed by atoms with Gasteiger partial charge in [0.25, 0.3) is 0 Å². The fraction of sp³-hybridized carbons (Fsp3) is 0.500. The summed E-state index contributed by atoms with van der Waals surface area (Å²) in [6, 6.07) is 7.48. The van der Waals surface area contributed by atoms with Crippen LogP contribution in [0, 0.1) is 5.92 Å². The molecule has 0 amide bonds. The minimum atomic E-state index is -4.50. The monoisotopic (exact) mass is 407 g/mol. The number of aliphatic hydroxyl groups is 1. The number of rotatable bonds is 4. The first-order valence-corrected chi connectivity index (χ1v) is 9.79. The Kier molecular flexibility index (Phi) is 5.24. The number of hydrogen-bond donors (Lipinski definition) is 2. The average Bonchev–Trinajstić information content (AvgIpc) is 3.30. The van der Waals surface area contributed by atoms with E-state index in [1.54, 1.807) is 4.90 Å². The van der Waals surface area contributed by atoms with E-state index >= 15 is 0 Å². The van der Waals surface area contributed by atoms with Gasteiger partial charge in [-0.3, -0.25) is 0 Å². The molecule has 2 atom stereocenters. The Hall–Kier alpha value is -2.55. The van der Waals surface area contributed by atoms with Gasteiger partial charge in [-0.25, -0.2) is 4.98 Å². The number of aromatic nitrogens is 2. The normalized spacial score (nSPS) is 22.4. The highest BCUT2D eigenvalue weighted by molar-refractivity contribution is 5.61. The second kappa shape index (κ2) is 7.70. The maximum Gasteiger partial charge on any atom is 0.421 e. The Morgan fingerprint density at radius 2 is 1.79 bits per heavy atom. The van der Waals surface area contributed by atoms with Crippen LogP contribution in [0.1, 0.15) is 25.3 Å². The first-order valence-electron chi connectivity index (χ1n) is 9.79. The summed E-state index contributed by atoms with van der Waals surface area (Å²) < 4.78 is 40.3. The summed E-state index contributed by atoms with van der Waals surface area (Å²) in [5.41, 5.74) is 0.876. The Morgan fingerprint density at radius 1 is 1.07 bits per heavy atom. The summed E-state index contributed by atoms with van der Waals surface area (Å²) in [6.45, 7) is 4.53. The van der Waals surface area contributed by atoms with Crippen LogP contribution >= 0.6 is 0 Å². The molecule has 2 saturated heterocycles. The fourth-order valence-electron chi connectivity index (χ4n) is 3.86. The van der Waals surface area contributed by atoms with Gasteiger partial charge in [-0.2, -0.15) is 18.2 Å². The van der Waals surface area contributed by atoms with E-state index < -0.39 is 11.7 Å². The largest absolute Gasteiger partial charge is 0.421 e. The van der Waals surface area contributed by atoms with Gasteiger partial charge in [0.05, 0.1) is 6.10 Å². The Morgan fingerprint density at radius 3 is 2.38 bits per heavy atom. The molecule has 3 heterocycles. The lowest BCUT2D eigenvalue weighted by atomic mass is 10.2. The fourth-order valence-corrected chi connectivity index (χ4v) is 3.86. The van der Waals surface area contributed by atoms with Crippen molar-refractivity contribution in [3.8, 4) is 0 Å². The maximum absolute atomic E-state index is 13.4. The average molecular weight is 407 g/mol. The number of benzene rings is 1. The zero-order valence-corrected chi connectivity index (χ0v) is 16.2. The molecule has 29 heavy (non-hydrogen) atoms. The summed E-state index contributed by atoms with van der Waals surface area (Å²) in [6.07, 6.45) is -2.36. The number of hydrogen-bond acceptors (Lipinski definition) is 6. The third-order valence-electron chi connectivity index (χ3n) is 5.45. The summed E-state index contributed by atoms with van der Waals surface area (Å²) in [5, 5.41) is 12.7. The second-order valence-corrected chi connectivity index (χ2v) is 7.83. The molecule has 2 aliphatic rings. The molecule has 2 N–H and O–H groups in total. The van der Waals surface area contributed by atoms with Crippen LogP contribution in [0.15, 0.2) is 30.5 Å². The van der Waals surface area contributed by atoms with Crippen LogP contribution in [0.4, 0.5) is 36.3 Å². The predicted octanol–water partition coefficient (Wildman–Crippen LogP) is 3.66. The van der Waals surface area contributed by atoms with Crippen molar-refractivity contribution in [1.29, 1.82) is 0 Å². The molecule has 0 radical (unpaired) electrons. The minimum Gasteiger partial charge on any atom is -0.391 e. The van der Waals surface area contributed by atoms with Gasteiger partial charge < -0.3 is 20.2 Å². The molecule has 156 valence electrons. The lowest BCUT2D eigenvalue weighted by Crippen LogP contribution is -2.25. The van der Waals surface area contributed by atoms with Crippen LogP contribution in [-0.4, -0.2) is 47.4 Å². The quantitative estimate of drug-likeness (QED) is 0.807. The highest BCUT2D eigenvalue weighted by Gasteiger charge is 2.38. The summed E-state index contributed by atoms with van der Waals surface area (Å²) in [7, 11) is 0. The van der Waals surface area contributed by atoms with E-state index in [0.29, 0.717) is 31.2 Å². The SMILES string of the molecule is CC1CCN(c2nc(Nc3ccc(N4CC[C@H](O)C4)cc3)ncc2C(F)(F)F)C1. The third kappa shape index (κ3) is 4.39. The zero-order valence-electron chi connectivity index (χ0n) is 16.2. The van der Waals surface area contributed by atoms with Crippen LogP contribution in [0.2, 0.25) is 0 Å². The standard InChI is InChI=1S/C20H24F3N5O/c1-13-6-8-28(11-13)18-17(20(21,22)23)10-24-19(26-18)25-14-2-4-15(5-3-14)27-9-7-16(29)12-27/h2-5,10,13,16,29H,6-9,11-12H2,1H3,(H,24,25,26)/t13?,16-/m0/s1. The highest BCUT2D eigenvalue weighted by Crippen LogP contribution is 2.37. The number of anilines is 4. The molecule has 0 saturated carbocycles. The molecule has 0 bridgehead atoms. The van der Waals surface area contributed by atoms with Gasteiger partial charge >= 0.3 is 6.18 Å². The van der Waals surface area contributed by atoms with E-state index in [1.807, 2.05) is 31.2 Å². The van der Waals surface area contributed by atoms with E-state index in [9.17, 15) is 18.3 Å². The molecule has 1 aromatic carbocycles. The van der Waals surface area contributed by atoms with Crippen molar-refractivity contribution in [2.24, 2.45) is 5.92 Å². The maximum atomic E-state index is 13.4. The van der Waals surface area contributed by atoms with Crippen molar-refractivity contribution in [1.82, 2.24) is 9.97 Å². The lowest BCUT2D eigenvalue weighted by Gasteiger charge is -2.22. The number of alkyl halides is 3. The minimum absolute atomic E-state index is 0.0676. The Bertz CT molecular complexity index is 858. The van der Waals surface area contributed by atoms with E-state index in [-0.39, 0.29) is 17.9 Å². The lowest BCUT2D eigenvalue weighted by molar-refractivity contribution is -0.137. The third-order valence-corrected chi connectivity index (χ3v) is 5.45. The van der Waals surface area contributed by atoms with Crippen LogP contribution in [-0.2, 0) is 6.18 Å². The number of β-amino-alcohol motifs (C(OH)–C–C–N with tert-alkyl or cyclic N) is 1. The van der Waals surface area contributed by atoms with E-state index in [2.05, 4.69) is 20.2 Å². The molecular weight excluding hydrogens is 383 g/mol. The number of aliphatic hydroxyl groups excluding tert-OH is 1. The molecule has 9 heteroatoms. The van der Waals surface area contributed by atoms with Gasteiger partial charge in [0.1, 0.15) is 11.4 Å². The molecule has 0 aliphatic carbocycles. The molecule has 1 aromatic heterocycles. The number of halogens is 3. The van der Waals surface area contributed by atoms with E-state index in [4.69, 9.17) is 0 Å². The molecule has 2 fully saturated rings. The zero-order chi connectivity index (χ0) is 20.6. The molecule has 1 unspecified atom stereocenters. The highest BCUT2D eigenvalue weighted by atomic mass is 19.4. The summed E-state index contributed by atoms with van der Waals surface area (Å²) in [5.74, 6) is 0.401. The number of nitrogens with one attached hydrogen (secondary N) is 1. The van der Waals surface area contributed by atoms with Crippen molar-refractivity contribution in [3.63, 3.8) is 0 Å². The molecule has 4 rings (SSSR count). The van der Waals surface area contributed by atoms with Crippen molar-refractivity contribution in [2.45, 2.75) is 32.0 Å². The first kappa shape index (κ1) is 19.8. The van der Waals surface area contributed by atoms with Gasteiger partial charge in [0.15, 0.2) is 0 Å². The van der Waals surface area contributed by atoms with Crippen LogP contribution in [0.3, 0.4) is 0 Å². The van der Waals surface area contributed by atoms with Gasteiger partial charge in [0.2, 0.25) is 5.95 Å². The molecular formula is C20H24F3N5O. The second-order valence-electron chi connectivity index (χ2n) is 7.83.